The lowest BCUT2D eigenvalue weighted by molar-refractivity contribution is -0.147. The van der Waals surface area contributed by atoms with Crippen molar-refractivity contribution in [1.29, 1.82) is 0 Å². The topological polar surface area (TPSA) is 60.9 Å². The van der Waals surface area contributed by atoms with Gasteiger partial charge >= 0.3 is 12.0 Å². The van der Waals surface area contributed by atoms with Crippen LogP contribution in [0.25, 0.3) is 0 Å². The maximum atomic E-state index is 12.2. The first-order valence-electron chi connectivity index (χ1n) is 6.13. The van der Waals surface area contributed by atoms with Gasteiger partial charge in [0.25, 0.3) is 0 Å². The van der Waals surface area contributed by atoms with Crippen molar-refractivity contribution in [3.8, 4) is 0 Å². The molecule has 1 N–H and O–H groups in total. The monoisotopic (exact) mass is 298 g/mol. The molecular formula is C14H19ClN2O3. The van der Waals surface area contributed by atoms with Crippen LogP contribution in [0.3, 0.4) is 0 Å². The Labute approximate surface area is 123 Å². The van der Waals surface area contributed by atoms with E-state index < -0.39 is 11.5 Å². The van der Waals surface area contributed by atoms with E-state index in [-0.39, 0.29) is 6.03 Å². The molecule has 0 heterocycles. The first kappa shape index (κ1) is 16.3. The number of carbonyl (C=O) groups is 2. The highest BCUT2D eigenvalue weighted by molar-refractivity contribution is 6.30. The molecule has 0 aliphatic heterocycles. The van der Waals surface area contributed by atoms with Crippen molar-refractivity contribution in [2.75, 3.05) is 14.1 Å². The molecule has 110 valence electrons. The molecule has 0 aliphatic rings. The predicted molar refractivity (Wildman–Crippen MR) is 77.8 cm³/mol. The maximum Gasteiger partial charge on any atom is 0.329 e. The molecule has 0 saturated carbocycles. The molecule has 0 spiro atoms. The van der Waals surface area contributed by atoms with Gasteiger partial charge in [-0.3, -0.25) is 0 Å². The van der Waals surface area contributed by atoms with E-state index >= 15 is 0 Å². The van der Waals surface area contributed by atoms with Crippen molar-refractivity contribution in [2.24, 2.45) is 0 Å². The summed E-state index contributed by atoms with van der Waals surface area (Å²) in [6.45, 7) is 3.36. The number of likely N-dealkylation sites (N-methyl/N-ethyl adjacent to an activating group) is 1. The molecule has 0 saturated heterocycles. The number of rotatable bonds is 4. The molecule has 2 amide bonds. The predicted octanol–water partition coefficient (Wildman–Crippen LogP) is 2.69. The molecule has 1 aromatic carbocycles. The van der Waals surface area contributed by atoms with Crippen LogP contribution < -0.4 is 0 Å². The van der Waals surface area contributed by atoms with Gasteiger partial charge in [0.1, 0.15) is 5.54 Å². The van der Waals surface area contributed by atoms with Gasteiger partial charge in [-0.1, -0.05) is 23.7 Å². The molecule has 1 rings (SSSR count). The van der Waals surface area contributed by atoms with Gasteiger partial charge in [0, 0.05) is 25.7 Å². The zero-order chi connectivity index (χ0) is 15.5. The Hall–Kier alpha value is -1.75. The summed E-state index contributed by atoms with van der Waals surface area (Å²) in [7, 11) is 3.11. The summed E-state index contributed by atoms with van der Waals surface area (Å²) in [6.07, 6.45) is 0. The van der Waals surface area contributed by atoms with Gasteiger partial charge in [-0.05, 0) is 31.5 Å². The van der Waals surface area contributed by atoms with Gasteiger partial charge in [0.2, 0.25) is 0 Å². The second kappa shape index (κ2) is 6.13. The fourth-order valence-corrected chi connectivity index (χ4v) is 1.70. The van der Waals surface area contributed by atoms with Crippen molar-refractivity contribution in [3.05, 3.63) is 34.9 Å². The van der Waals surface area contributed by atoms with Crippen LogP contribution in [0, 0.1) is 0 Å². The fraction of sp³-hybridized carbons (Fsp3) is 0.429. The average molecular weight is 299 g/mol. The number of amides is 2. The third-order valence-electron chi connectivity index (χ3n) is 3.31. The van der Waals surface area contributed by atoms with Crippen LogP contribution in [-0.2, 0) is 11.3 Å². The SMILES string of the molecule is CN(Cc1ccc(Cl)cc1)C(=O)N(C)C(C)(C)C(=O)O. The number of nitrogens with zero attached hydrogens (tertiary/aromatic N) is 2. The molecule has 6 heteroatoms. The summed E-state index contributed by atoms with van der Waals surface area (Å²) in [6, 6.07) is 6.80. The molecule has 0 radical (unpaired) electrons. The molecule has 0 bridgehead atoms. The molecule has 20 heavy (non-hydrogen) atoms. The standard InChI is InChI=1S/C14H19ClN2O3/c1-14(2,12(18)19)17(4)13(20)16(3)9-10-5-7-11(15)8-6-10/h5-8H,9H2,1-4H3,(H,18,19). The number of halogens is 1. The Morgan fingerprint density at radius 3 is 2.15 bits per heavy atom. The summed E-state index contributed by atoms with van der Waals surface area (Å²) < 4.78 is 0. The van der Waals surface area contributed by atoms with E-state index in [1.54, 1.807) is 19.2 Å². The van der Waals surface area contributed by atoms with Crippen molar-refractivity contribution in [3.63, 3.8) is 0 Å². The molecule has 5 nitrogen and oxygen atoms in total. The molecular weight excluding hydrogens is 280 g/mol. The van der Waals surface area contributed by atoms with E-state index in [2.05, 4.69) is 0 Å². The number of carbonyl (C=O) groups excluding carboxylic acids is 1. The van der Waals surface area contributed by atoms with Crippen molar-refractivity contribution in [1.82, 2.24) is 9.80 Å². The van der Waals surface area contributed by atoms with E-state index in [1.807, 2.05) is 12.1 Å². The molecule has 0 aromatic heterocycles. The Morgan fingerprint density at radius 2 is 1.70 bits per heavy atom. The third kappa shape index (κ3) is 3.63. The van der Waals surface area contributed by atoms with Crippen LogP contribution in [-0.4, -0.2) is 46.5 Å². The Kier molecular flexibility index (Phi) is 5.00. The summed E-state index contributed by atoms with van der Waals surface area (Å²) in [5.74, 6) is -1.05. The lowest BCUT2D eigenvalue weighted by Gasteiger charge is -2.34. The van der Waals surface area contributed by atoms with E-state index in [4.69, 9.17) is 16.7 Å². The zero-order valence-corrected chi connectivity index (χ0v) is 12.8. The lowest BCUT2D eigenvalue weighted by atomic mass is 10.0. The number of benzene rings is 1. The van der Waals surface area contributed by atoms with E-state index in [0.717, 1.165) is 5.56 Å². The summed E-state index contributed by atoms with van der Waals surface area (Å²) in [5.41, 5.74) is -0.336. The Morgan fingerprint density at radius 1 is 1.20 bits per heavy atom. The fourth-order valence-electron chi connectivity index (χ4n) is 1.57. The van der Waals surface area contributed by atoms with Gasteiger partial charge in [-0.25, -0.2) is 9.59 Å². The summed E-state index contributed by atoms with van der Waals surface area (Å²) >= 11 is 5.80. The van der Waals surface area contributed by atoms with Gasteiger partial charge in [-0.2, -0.15) is 0 Å². The molecule has 0 unspecified atom stereocenters. The van der Waals surface area contributed by atoms with Gasteiger partial charge in [0.05, 0.1) is 0 Å². The van der Waals surface area contributed by atoms with E-state index in [0.29, 0.717) is 11.6 Å². The normalized spacial score (nSPS) is 11.1. The highest BCUT2D eigenvalue weighted by Gasteiger charge is 2.36. The lowest BCUT2D eigenvalue weighted by Crippen LogP contribution is -2.54. The van der Waals surface area contributed by atoms with Crippen molar-refractivity contribution in [2.45, 2.75) is 25.9 Å². The van der Waals surface area contributed by atoms with Crippen LogP contribution >= 0.6 is 11.6 Å². The number of carboxylic acids is 1. The molecule has 0 aliphatic carbocycles. The zero-order valence-electron chi connectivity index (χ0n) is 12.1. The van der Waals surface area contributed by atoms with Gasteiger partial charge in [-0.15, -0.1) is 0 Å². The highest BCUT2D eigenvalue weighted by Crippen LogP contribution is 2.16. The van der Waals surface area contributed by atoms with Crippen LogP contribution in [0.2, 0.25) is 5.02 Å². The summed E-state index contributed by atoms with van der Waals surface area (Å²) in [4.78, 5) is 26.1. The van der Waals surface area contributed by atoms with Crippen LogP contribution in [0.15, 0.2) is 24.3 Å². The van der Waals surface area contributed by atoms with Crippen molar-refractivity contribution < 1.29 is 14.7 Å². The van der Waals surface area contributed by atoms with Gasteiger partial charge < -0.3 is 14.9 Å². The average Bonchev–Trinajstić information content (AvgIpc) is 2.39. The number of hydrogen-bond acceptors (Lipinski definition) is 2. The van der Waals surface area contributed by atoms with E-state index in [1.165, 1.54) is 30.7 Å². The maximum absolute atomic E-state index is 12.2. The Bertz CT molecular complexity index is 500. The second-order valence-electron chi connectivity index (χ2n) is 5.19. The first-order chi connectivity index (χ1) is 9.16. The smallest absolute Gasteiger partial charge is 0.329 e. The molecule has 1 aromatic rings. The van der Waals surface area contributed by atoms with Crippen molar-refractivity contribution >= 4 is 23.6 Å². The van der Waals surface area contributed by atoms with Crippen LogP contribution in [0.5, 0.6) is 0 Å². The third-order valence-corrected chi connectivity index (χ3v) is 3.56. The second-order valence-corrected chi connectivity index (χ2v) is 5.62. The quantitative estimate of drug-likeness (QED) is 0.929. The summed E-state index contributed by atoms with van der Waals surface area (Å²) in [5, 5.41) is 9.77. The first-order valence-corrected chi connectivity index (χ1v) is 6.51. The minimum absolute atomic E-state index is 0.354. The van der Waals surface area contributed by atoms with E-state index in [9.17, 15) is 9.59 Å². The van der Waals surface area contributed by atoms with Gasteiger partial charge in [0.15, 0.2) is 0 Å². The number of aliphatic carboxylic acids is 1. The highest BCUT2D eigenvalue weighted by atomic mass is 35.5. The molecule has 0 fully saturated rings. The Balaban J connectivity index is 2.77. The van der Waals surface area contributed by atoms with Crippen LogP contribution in [0.4, 0.5) is 4.79 Å². The number of carboxylic acid groups (broad SMARTS) is 1. The minimum Gasteiger partial charge on any atom is -0.480 e. The number of hydrogen-bond donors (Lipinski definition) is 1. The molecule has 0 atom stereocenters. The minimum atomic E-state index is -1.26. The van der Waals surface area contributed by atoms with Crippen LogP contribution in [0.1, 0.15) is 19.4 Å². The number of urea groups is 1. The largest absolute Gasteiger partial charge is 0.480 e.